The summed E-state index contributed by atoms with van der Waals surface area (Å²) in [5.41, 5.74) is 2.16. The van der Waals surface area contributed by atoms with Crippen molar-refractivity contribution < 1.29 is 14.4 Å². The number of amides is 2. The number of amidine groups is 1. The third-order valence-corrected chi connectivity index (χ3v) is 5.93. The summed E-state index contributed by atoms with van der Waals surface area (Å²) in [7, 11) is 1.89. The van der Waals surface area contributed by atoms with Crippen molar-refractivity contribution in [2.75, 3.05) is 19.3 Å². The SMILES string of the molecule is CN1CCS/C1=N\NC(=O)C(=O)[C@@H](CC(C)(C)C)NC(=O)C1CCCCC1. The van der Waals surface area contributed by atoms with Crippen LogP contribution in [0.15, 0.2) is 5.10 Å². The van der Waals surface area contributed by atoms with Gasteiger partial charge in [-0.15, -0.1) is 5.10 Å². The Kier molecular flexibility index (Phi) is 7.70. The van der Waals surface area contributed by atoms with Crippen LogP contribution in [0.4, 0.5) is 0 Å². The normalized spacial score (nSPS) is 21.2. The molecular weight excluding hydrogens is 364 g/mol. The molecule has 0 radical (unpaired) electrons. The molecule has 27 heavy (non-hydrogen) atoms. The molecule has 0 aromatic carbocycles. The lowest BCUT2D eigenvalue weighted by Crippen LogP contribution is -2.50. The number of Topliss-reactive ketones (excluding diaryl/α,β-unsaturated/α-hetero) is 1. The fourth-order valence-electron chi connectivity index (χ4n) is 3.39. The monoisotopic (exact) mass is 396 g/mol. The maximum Gasteiger partial charge on any atom is 0.309 e. The van der Waals surface area contributed by atoms with Gasteiger partial charge in [-0.25, -0.2) is 5.43 Å². The van der Waals surface area contributed by atoms with Crippen LogP contribution in [0.3, 0.4) is 0 Å². The predicted molar refractivity (Wildman–Crippen MR) is 108 cm³/mol. The molecule has 2 aliphatic rings. The van der Waals surface area contributed by atoms with Gasteiger partial charge in [-0.1, -0.05) is 51.8 Å². The van der Waals surface area contributed by atoms with Gasteiger partial charge in [0.1, 0.15) is 0 Å². The van der Waals surface area contributed by atoms with Crippen LogP contribution in [-0.4, -0.2) is 53.1 Å². The number of ketones is 1. The highest BCUT2D eigenvalue weighted by molar-refractivity contribution is 8.14. The summed E-state index contributed by atoms with van der Waals surface area (Å²) in [4.78, 5) is 39.6. The van der Waals surface area contributed by atoms with E-state index in [-0.39, 0.29) is 17.2 Å². The molecule has 1 aliphatic carbocycles. The van der Waals surface area contributed by atoms with Crippen molar-refractivity contribution >= 4 is 34.5 Å². The Hall–Kier alpha value is -1.57. The maximum absolute atomic E-state index is 12.7. The van der Waals surface area contributed by atoms with Crippen LogP contribution in [0, 0.1) is 11.3 Å². The molecule has 0 bridgehead atoms. The highest BCUT2D eigenvalue weighted by Crippen LogP contribution is 2.25. The second-order valence-corrected chi connectivity index (χ2v) is 9.69. The Balaban J connectivity index is 2.01. The molecule has 1 saturated carbocycles. The number of carbonyl (C=O) groups excluding carboxylic acids is 3. The lowest BCUT2D eigenvalue weighted by atomic mass is 9.85. The number of thioether (sulfide) groups is 1. The first-order valence-corrected chi connectivity index (χ1v) is 10.7. The Morgan fingerprint density at radius 1 is 1.22 bits per heavy atom. The van der Waals surface area contributed by atoms with Gasteiger partial charge in [0.05, 0.1) is 6.04 Å². The van der Waals surface area contributed by atoms with Crippen LogP contribution in [0.1, 0.15) is 59.3 Å². The Labute approximate surface area is 166 Å². The molecule has 7 nitrogen and oxygen atoms in total. The second kappa shape index (κ2) is 9.57. The first-order valence-electron chi connectivity index (χ1n) is 9.73. The number of nitrogens with zero attached hydrogens (tertiary/aromatic N) is 2. The minimum absolute atomic E-state index is 0.0548. The molecule has 1 aliphatic heterocycles. The standard InChI is InChI=1S/C19H32N4O3S/c1-19(2,3)12-14(20-16(25)13-8-6-5-7-9-13)15(24)17(26)21-22-18-23(4)10-11-27-18/h13-14H,5-12H2,1-4H3,(H,20,25)(H,21,26)/b22-18-/t14-/m1/s1. The van der Waals surface area contributed by atoms with Gasteiger partial charge in [0, 0.05) is 25.3 Å². The molecular formula is C19H32N4O3S. The van der Waals surface area contributed by atoms with Crippen LogP contribution in [0.5, 0.6) is 0 Å². The maximum atomic E-state index is 12.7. The van der Waals surface area contributed by atoms with E-state index in [2.05, 4.69) is 15.8 Å². The van der Waals surface area contributed by atoms with Crippen LogP contribution in [0.25, 0.3) is 0 Å². The number of nitrogens with one attached hydrogen (secondary N) is 2. The Morgan fingerprint density at radius 2 is 1.89 bits per heavy atom. The van der Waals surface area contributed by atoms with Crippen molar-refractivity contribution in [3.05, 3.63) is 0 Å². The molecule has 0 unspecified atom stereocenters. The van der Waals surface area contributed by atoms with E-state index >= 15 is 0 Å². The van der Waals surface area contributed by atoms with Gasteiger partial charge in [-0.2, -0.15) is 0 Å². The summed E-state index contributed by atoms with van der Waals surface area (Å²) in [6.07, 6.45) is 5.35. The van der Waals surface area contributed by atoms with E-state index in [1.165, 1.54) is 11.8 Å². The second-order valence-electron chi connectivity index (χ2n) is 8.63. The van der Waals surface area contributed by atoms with Crippen molar-refractivity contribution in [2.24, 2.45) is 16.4 Å². The summed E-state index contributed by atoms with van der Waals surface area (Å²) in [6, 6.07) is -0.825. The van der Waals surface area contributed by atoms with Gasteiger partial charge in [0.2, 0.25) is 11.7 Å². The number of rotatable bonds is 6. The van der Waals surface area contributed by atoms with E-state index in [9.17, 15) is 14.4 Å². The summed E-state index contributed by atoms with van der Waals surface area (Å²) >= 11 is 1.53. The molecule has 2 rings (SSSR count). The van der Waals surface area contributed by atoms with Crippen molar-refractivity contribution in [3.63, 3.8) is 0 Å². The van der Waals surface area contributed by atoms with Gasteiger partial charge < -0.3 is 10.2 Å². The summed E-state index contributed by atoms with van der Waals surface area (Å²) < 4.78 is 0. The number of hydrogen-bond acceptors (Lipinski definition) is 5. The molecule has 1 saturated heterocycles. The summed E-state index contributed by atoms with van der Waals surface area (Å²) in [5, 5.41) is 7.58. The molecule has 0 aromatic heterocycles. The van der Waals surface area contributed by atoms with E-state index in [0.29, 0.717) is 11.6 Å². The molecule has 2 amide bonds. The number of hydrazone groups is 1. The zero-order valence-corrected chi connectivity index (χ0v) is 17.7. The Bertz CT molecular complexity index is 594. The van der Waals surface area contributed by atoms with Crippen LogP contribution in [-0.2, 0) is 14.4 Å². The summed E-state index contributed by atoms with van der Waals surface area (Å²) in [6.45, 7) is 6.82. The predicted octanol–water partition coefficient (Wildman–Crippen LogP) is 2.12. The fourth-order valence-corrected chi connectivity index (χ4v) is 4.35. The third-order valence-electron chi connectivity index (χ3n) is 4.89. The van der Waals surface area contributed by atoms with E-state index < -0.39 is 17.7 Å². The lowest BCUT2D eigenvalue weighted by Gasteiger charge is -2.28. The van der Waals surface area contributed by atoms with Gasteiger partial charge in [0.15, 0.2) is 5.17 Å². The molecule has 0 aromatic rings. The third kappa shape index (κ3) is 6.83. The first-order chi connectivity index (χ1) is 12.7. The van der Waals surface area contributed by atoms with E-state index in [0.717, 1.165) is 44.4 Å². The molecule has 2 N–H and O–H groups in total. The topological polar surface area (TPSA) is 90.9 Å². The quantitative estimate of drug-likeness (QED) is 0.530. The lowest BCUT2D eigenvalue weighted by molar-refractivity contribution is -0.141. The van der Waals surface area contributed by atoms with Gasteiger partial charge in [0.25, 0.3) is 0 Å². The van der Waals surface area contributed by atoms with Crippen molar-refractivity contribution in [3.8, 4) is 0 Å². The average Bonchev–Trinajstić information content (AvgIpc) is 3.03. The van der Waals surface area contributed by atoms with E-state index in [4.69, 9.17) is 0 Å². The van der Waals surface area contributed by atoms with Crippen molar-refractivity contribution in [2.45, 2.75) is 65.3 Å². The first kappa shape index (κ1) is 21.7. The van der Waals surface area contributed by atoms with Gasteiger partial charge in [-0.05, 0) is 24.7 Å². The molecule has 2 fully saturated rings. The van der Waals surface area contributed by atoms with Gasteiger partial charge >= 0.3 is 5.91 Å². The van der Waals surface area contributed by atoms with Gasteiger partial charge in [-0.3, -0.25) is 14.4 Å². The van der Waals surface area contributed by atoms with Crippen LogP contribution < -0.4 is 10.7 Å². The van der Waals surface area contributed by atoms with Crippen LogP contribution in [0.2, 0.25) is 0 Å². The molecule has 1 heterocycles. The number of carbonyl (C=O) groups is 3. The zero-order valence-electron chi connectivity index (χ0n) is 16.8. The number of hydrogen-bond donors (Lipinski definition) is 2. The zero-order chi connectivity index (χ0) is 20.0. The van der Waals surface area contributed by atoms with E-state index in [1.54, 1.807) is 0 Å². The summed E-state index contributed by atoms with van der Waals surface area (Å²) in [5.74, 6) is -0.669. The molecule has 0 spiro atoms. The van der Waals surface area contributed by atoms with Crippen LogP contribution >= 0.6 is 11.8 Å². The molecule has 8 heteroatoms. The minimum Gasteiger partial charge on any atom is -0.352 e. The van der Waals surface area contributed by atoms with E-state index in [1.807, 2.05) is 32.7 Å². The fraction of sp³-hybridized carbons (Fsp3) is 0.789. The van der Waals surface area contributed by atoms with Crippen molar-refractivity contribution in [1.82, 2.24) is 15.6 Å². The smallest absolute Gasteiger partial charge is 0.309 e. The highest BCUT2D eigenvalue weighted by atomic mass is 32.2. The largest absolute Gasteiger partial charge is 0.352 e. The molecule has 152 valence electrons. The minimum atomic E-state index is -0.825. The average molecular weight is 397 g/mol. The Morgan fingerprint density at radius 3 is 2.44 bits per heavy atom. The van der Waals surface area contributed by atoms with Crippen molar-refractivity contribution in [1.29, 1.82) is 0 Å². The molecule has 1 atom stereocenters. The highest BCUT2D eigenvalue weighted by Gasteiger charge is 2.33.